The number of halogens is 3. The van der Waals surface area contributed by atoms with Gasteiger partial charge in [0.05, 0.1) is 23.4 Å². The molecule has 1 aromatic carbocycles. The van der Waals surface area contributed by atoms with Gasteiger partial charge < -0.3 is 4.74 Å². The number of alkyl halides is 3. The zero-order valence-corrected chi connectivity index (χ0v) is 14.4. The van der Waals surface area contributed by atoms with Gasteiger partial charge in [0.15, 0.2) is 0 Å². The van der Waals surface area contributed by atoms with E-state index in [1.54, 1.807) is 13.8 Å². The maximum atomic E-state index is 13.6. The molecule has 1 aromatic heterocycles. The van der Waals surface area contributed by atoms with E-state index in [0.717, 1.165) is 24.4 Å². The lowest BCUT2D eigenvalue weighted by Crippen LogP contribution is -2.43. The Hall–Kier alpha value is -2.13. The maximum absolute atomic E-state index is 13.6. The molecule has 2 aromatic rings. The van der Waals surface area contributed by atoms with E-state index in [0.29, 0.717) is 17.9 Å². The normalized spacial score (nSPS) is 12.2. The molecule has 2 rings (SSSR count). The van der Waals surface area contributed by atoms with Gasteiger partial charge in [0.2, 0.25) is 0 Å². The van der Waals surface area contributed by atoms with Crippen LogP contribution in [0, 0.1) is 6.92 Å². The van der Waals surface area contributed by atoms with Gasteiger partial charge in [-0.2, -0.15) is 4.31 Å². The first kappa shape index (κ1) is 19.2. The number of rotatable bonds is 6. The summed E-state index contributed by atoms with van der Waals surface area (Å²) in [5, 5.41) is 0. The molecular weight excluding hydrogens is 357 g/mol. The molecule has 0 spiro atoms. The molecule has 0 atom stereocenters. The molecule has 5 nitrogen and oxygen atoms in total. The Morgan fingerprint density at radius 2 is 1.84 bits per heavy atom. The SMILES string of the molecule is CCOCc1cc(N(C(F)(F)F)S(=O)(=O)c2ccccc2)cnc1C. The molecule has 0 bridgehead atoms. The van der Waals surface area contributed by atoms with Crippen LogP contribution in [-0.2, 0) is 21.4 Å². The zero-order valence-electron chi connectivity index (χ0n) is 13.6. The lowest BCUT2D eigenvalue weighted by atomic mass is 10.2. The van der Waals surface area contributed by atoms with Crippen LogP contribution in [0.2, 0.25) is 0 Å². The summed E-state index contributed by atoms with van der Waals surface area (Å²) >= 11 is 0. The molecule has 0 fully saturated rings. The second-order valence-electron chi connectivity index (χ2n) is 5.13. The number of nitrogens with zero attached hydrogens (tertiary/aromatic N) is 2. The number of ether oxygens (including phenoxy) is 1. The molecule has 0 aliphatic heterocycles. The molecule has 1 heterocycles. The van der Waals surface area contributed by atoms with Crippen molar-refractivity contribution in [2.24, 2.45) is 0 Å². The smallest absolute Gasteiger partial charge is 0.377 e. The van der Waals surface area contributed by atoms with Crippen molar-refractivity contribution in [3.8, 4) is 0 Å². The van der Waals surface area contributed by atoms with Crippen LogP contribution in [0.3, 0.4) is 0 Å². The van der Waals surface area contributed by atoms with E-state index in [4.69, 9.17) is 4.74 Å². The van der Waals surface area contributed by atoms with Crippen LogP contribution in [0.25, 0.3) is 0 Å². The number of benzene rings is 1. The molecule has 9 heteroatoms. The number of anilines is 1. The summed E-state index contributed by atoms with van der Waals surface area (Å²) in [4.78, 5) is 3.43. The first-order valence-electron chi connectivity index (χ1n) is 7.38. The summed E-state index contributed by atoms with van der Waals surface area (Å²) in [6.07, 6.45) is -4.26. The van der Waals surface area contributed by atoms with Gasteiger partial charge in [-0.3, -0.25) is 4.98 Å². The first-order chi connectivity index (χ1) is 11.7. The molecular formula is C16H17F3N2O3S. The zero-order chi connectivity index (χ0) is 18.7. The number of sulfonamides is 1. The lowest BCUT2D eigenvalue weighted by Gasteiger charge is -2.26. The number of aryl methyl sites for hydroxylation is 1. The Kier molecular flexibility index (Phi) is 5.69. The van der Waals surface area contributed by atoms with Crippen LogP contribution in [0.15, 0.2) is 47.5 Å². The molecule has 0 aliphatic carbocycles. The van der Waals surface area contributed by atoms with Gasteiger partial charge in [0.1, 0.15) is 0 Å². The summed E-state index contributed by atoms with van der Waals surface area (Å²) < 4.78 is 70.4. The van der Waals surface area contributed by atoms with Gasteiger partial charge in [0.25, 0.3) is 10.0 Å². The number of hydrogen-bond donors (Lipinski definition) is 0. The Labute approximate surface area is 144 Å². The average Bonchev–Trinajstić information content (AvgIpc) is 2.54. The van der Waals surface area contributed by atoms with Crippen LogP contribution in [-0.4, -0.2) is 26.3 Å². The highest BCUT2D eigenvalue weighted by Crippen LogP contribution is 2.35. The summed E-state index contributed by atoms with van der Waals surface area (Å²) in [5.74, 6) is 0. The number of hydrogen-bond acceptors (Lipinski definition) is 4. The minimum absolute atomic E-state index is 0.0419. The largest absolute Gasteiger partial charge is 0.498 e. The van der Waals surface area contributed by atoms with E-state index in [1.807, 2.05) is 0 Å². The number of pyridine rings is 1. The van der Waals surface area contributed by atoms with Crippen molar-refractivity contribution in [3.63, 3.8) is 0 Å². The third-order valence-electron chi connectivity index (χ3n) is 3.39. The Bertz CT molecular complexity index is 824. The molecule has 25 heavy (non-hydrogen) atoms. The van der Waals surface area contributed by atoms with Crippen LogP contribution in [0.5, 0.6) is 0 Å². The van der Waals surface area contributed by atoms with E-state index in [2.05, 4.69) is 4.98 Å². The number of aromatic nitrogens is 1. The fraction of sp³-hybridized carbons (Fsp3) is 0.312. The van der Waals surface area contributed by atoms with Gasteiger partial charge in [-0.05, 0) is 32.0 Å². The second-order valence-corrected chi connectivity index (χ2v) is 6.91. The minimum Gasteiger partial charge on any atom is -0.377 e. The highest BCUT2D eigenvalue weighted by molar-refractivity contribution is 7.92. The monoisotopic (exact) mass is 374 g/mol. The Morgan fingerprint density at radius 3 is 2.40 bits per heavy atom. The molecule has 0 saturated carbocycles. The standard InChI is InChI=1S/C16H17F3N2O3S/c1-3-24-11-13-9-14(10-20-12(13)2)21(16(17,18)19)25(22,23)15-7-5-4-6-8-15/h4-10H,3,11H2,1-2H3. The maximum Gasteiger partial charge on any atom is 0.498 e. The molecule has 0 amide bonds. The molecule has 0 N–H and O–H groups in total. The summed E-state index contributed by atoms with van der Waals surface area (Å²) in [7, 11) is -4.83. The van der Waals surface area contributed by atoms with Crippen LogP contribution >= 0.6 is 0 Å². The van der Waals surface area contributed by atoms with Crippen molar-refractivity contribution in [3.05, 3.63) is 53.9 Å². The van der Waals surface area contributed by atoms with Gasteiger partial charge in [-0.1, -0.05) is 18.2 Å². The summed E-state index contributed by atoms with van der Waals surface area (Å²) in [6.45, 7) is 3.77. The van der Waals surface area contributed by atoms with E-state index < -0.39 is 31.2 Å². The average molecular weight is 374 g/mol. The van der Waals surface area contributed by atoms with E-state index in [-0.39, 0.29) is 6.61 Å². The van der Waals surface area contributed by atoms with Crippen LogP contribution in [0.1, 0.15) is 18.2 Å². The van der Waals surface area contributed by atoms with Gasteiger partial charge in [0, 0.05) is 17.9 Å². The molecule has 0 radical (unpaired) electrons. The van der Waals surface area contributed by atoms with Crippen LogP contribution < -0.4 is 4.31 Å². The predicted molar refractivity (Wildman–Crippen MR) is 86.5 cm³/mol. The Balaban J connectivity index is 2.57. The van der Waals surface area contributed by atoms with Crippen LogP contribution in [0.4, 0.5) is 18.9 Å². The molecule has 136 valence electrons. The quantitative estimate of drug-likeness (QED) is 0.725. The predicted octanol–water partition coefficient (Wildman–Crippen LogP) is 3.64. The summed E-state index contributed by atoms with van der Waals surface area (Å²) in [6, 6.07) is 7.58. The lowest BCUT2D eigenvalue weighted by molar-refractivity contribution is -0.115. The summed E-state index contributed by atoms with van der Waals surface area (Å²) in [5.41, 5.74) is 0.268. The van der Waals surface area contributed by atoms with Crippen molar-refractivity contribution < 1.29 is 26.3 Å². The topological polar surface area (TPSA) is 59.5 Å². The van der Waals surface area contributed by atoms with Gasteiger partial charge >= 0.3 is 6.30 Å². The molecule has 0 unspecified atom stereocenters. The van der Waals surface area contributed by atoms with E-state index in [9.17, 15) is 21.6 Å². The molecule has 0 aliphatic rings. The first-order valence-corrected chi connectivity index (χ1v) is 8.82. The highest BCUT2D eigenvalue weighted by Gasteiger charge is 2.46. The third-order valence-corrected chi connectivity index (χ3v) is 5.15. The van der Waals surface area contributed by atoms with Crippen molar-refractivity contribution in [1.29, 1.82) is 0 Å². The van der Waals surface area contributed by atoms with Crippen molar-refractivity contribution in [2.75, 3.05) is 10.9 Å². The third kappa shape index (κ3) is 4.29. The van der Waals surface area contributed by atoms with Gasteiger partial charge in [-0.25, -0.2) is 8.42 Å². The van der Waals surface area contributed by atoms with Crippen molar-refractivity contribution in [1.82, 2.24) is 4.98 Å². The minimum atomic E-state index is -5.14. The fourth-order valence-electron chi connectivity index (χ4n) is 2.15. The van der Waals surface area contributed by atoms with E-state index >= 15 is 0 Å². The highest BCUT2D eigenvalue weighted by atomic mass is 32.2. The van der Waals surface area contributed by atoms with Gasteiger partial charge in [-0.15, -0.1) is 13.2 Å². The van der Waals surface area contributed by atoms with E-state index in [1.165, 1.54) is 18.2 Å². The van der Waals surface area contributed by atoms with Crippen molar-refractivity contribution in [2.45, 2.75) is 31.7 Å². The Morgan fingerprint density at radius 1 is 1.20 bits per heavy atom. The fourth-order valence-corrected chi connectivity index (χ4v) is 3.52. The molecule has 0 saturated heterocycles. The second kappa shape index (κ2) is 7.40. The van der Waals surface area contributed by atoms with Crippen molar-refractivity contribution >= 4 is 15.7 Å².